The van der Waals surface area contributed by atoms with Gasteiger partial charge in [-0.2, -0.15) is 20.3 Å². The number of hydrogen-bond acceptors (Lipinski definition) is 6. The van der Waals surface area contributed by atoms with Crippen LogP contribution in [0.3, 0.4) is 0 Å². The average molecular weight is 269 g/mol. The third-order valence-electron chi connectivity index (χ3n) is 2.71. The number of anilines is 3. The van der Waals surface area contributed by atoms with Crippen molar-refractivity contribution in [1.82, 2.24) is 20.2 Å². The average Bonchev–Trinajstić information content (AvgIpc) is 2.87. The molecule has 0 aliphatic carbocycles. The predicted molar refractivity (Wildman–Crippen MR) is 70.5 cm³/mol. The van der Waals surface area contributed by atoms with E-state index in [0.717, 1.165) is 0 Å². The second kappa shape index (κ2) is 4.47. The number of benzene rings is 1. The van der Waals surface area contributed by atoms with Crippen molar-refractivity contribution in [2.75, 3.05) is 11.1 Å². The highest BCUT2D eigenvalue weighted by molar-refractivity contribution is 5.89. The molecule has 0 spiro atoms. The highest BCUT2D eigenvalue weighted by Crippen LogP contribution is 2.26. The fraction of sp³-hybridized carbons (Fsp3) is 0. The minimum Gasteiger partial charge on any atom is -0.368 e. The Labute approximate surface area is 112 Å². The molecule has 0 saturated heterocycles. The van der Waals surface area contributed by atoms with Gasteiger partial charge in [0, 0.05) is 0 Å². The van der Waals surface area contributed by atoms with Gasteiger partial charge in [0.1, 0.15) is 23.3 Å². The standard InChI is InChI=1S/C12H8FN7/c13-8-2-1-3-9(6(8)4-14)17-10-7-5-16-20-11(7)19-12(15)18-10/h1-3,5H,(H4,15,16,17,18,19,20). The third-order valence-corrected chi connectivity index (χ3v) is 2.71. The topological polar surface area (TPSA) is 116 Å². The lowest BCUT2D eigenvalue weighted by Gasteiger charge is -2.08. The maximum Gasteiger partial charge on any atom is 0.224 e. The van der Waals surface area contributed by atoms with E-state index in [-0.39, 0.29) is 11.5 Å². The summed E-state index contributed by atoms with van der Waals surface area (Å²) >= 11 is 0. The predicted octanol–water partition coefficient (Wildman–Crippen LogP) is 1.69. The largest absolute Gasteiger partial charge is 0.368 e. The lowest BCUT2D eigenvalue weighted by atomic mass is 10.2. The van der Waals surface area contributed by atoms with Gasteiger partial charge in [0.15, 0.2) is 5.65 Å². The summed E-state index contributed by atoms with van der Waals surface area (Å²) in [7, 11) is 0. The molecule has 0 aliphatic heterocycles. The first-order valence-corrected chi connectivity index (χ1v) is 5.61. The normalized spacial score (nSPS) is 10.4. The van der Waals surface area contributed by atoms with E-state index < -0.39 is 5.82 Å². The van der Waals surface area contributed by atoms with Crippen molar-refractivity contribution in [3.8, 4) is 6.07 Å². The lowest BCUT2D eigenvalue weighted by Crippen LogP contribution is -2.02. The van der Waals surface area contributed by atoms with Crippen LogP contribution in [0, 0.1) is 17.1 Å². The van der Waals surface area contributed by atoms with E-state index in [1.54, 1.807) is 12.1 Å². The molecule has 7 nitrogen and oxygen atoms in total. The molecule has 1 aromatic carbocycles. The minimum absolute atomic E-state index is 0.0409. The molecule has 0 bridgehead atoms. The summed E-state index contributed by atoms with van der Waals surface area (Å²) < 4.78 is 13.5. The fourth-order valence-electron chi connectivity index (χ4n) is 1.82. The zero-order valence-electron chi connectivity index (χ0n) is 10.1. The number of nitrogen functional groups attached to an aromatic ring is 1. The molecule has 3 rings (SSSR count). The van der Waals surface area contributed by atoms with Crippen LogP contribution in [0.4, 0.5) is 21.8 Å². The molecule has 0 unspecified atom stereocenters. The molecule has 0 aliphatic rings. The third kappa shape index (κ3) is 1.87. The Morgan fingerprint density at radius 2 is 2.20 bits per heavy atom. The summed E-state index contributed by atoms with van der Waals surface area (Å²) in [5.74, 6) is -0.217. The van der Waals surface area contributed by atoms with E-state index in [2.05, 4.69) is 25.5 Å². The zero-order valence-corrected chi connectivity index (χ0v) is 10.1. The van der Waals surface area contributed by atoms with Crippen molar-refractivity contribution in [3.63, 3.8) is 0 Å². The Morgan fingerprint density at radius 3 is 3.00 bits per heavy atom. The van der Waals surface area contributed by atoms with Crippen LogP contribution < -0.4 is 11.1 Å². The molecule has 20 heavy (non-hydrogen) atoms. The van der Waals surface area contributed by atoms with Crippen LogP contribution in [-0.2, 0) is 0 Å². The molecule has 2 heterocycles. The van der Waals surface area contributed by atoms with Crippen molar-refractivity contribution in [3.05, 3.63) is 35.8 Å². The SMILES string of the molecule is N#Cc1c(F)cccc1Nc1nc(N)nc2[nH]ncc12. The van der Waals surface area contributed by atoms with Gasteiger partial charge < -0.3 is 11.1 Å². The van der Waals surface area contributed by atoms with Gasteiger partial charge in [0.25, 0.3) is 0 Å². The Hall–Kier alpha value is -3.21. The molecule has 0 radical (unpaired) electrons. The number of hydrogen-bond donors (Lipinski definition) is 3. The van der Waals surface area contributed by atoms with Gasteiger partial charge in [-0.15, -0.1) is 0 Å². The van der Waals surface area contributed by atoms with Gasteiger partial charge in [-0.25, -0.2) is 4.39 Å². The van der Waals surface area contributed by atoms with Crippen LogP contribution in [0.1, 0.15) is 5.56 Å². The summed E-state index contributed by atoms with van der Waals surface area (Å²) in [4.78, 5) is 8.01. The Balaban J connectivity index is 2.13. The monoisotopic (exact) mass is 269 g/mol. The van der Waals surface area contributed by atoms with Crippen molar-refractivity contribution in [1.29, 1.82) is 5.26 Å². The summed E-state index contributed by atoms with van der Waals surface area (Å²) in [6.07, 6.45) is 1.52. The number of nitrogens with one attached hydrogen (secondary N) is 2. The second-order valence-electron chi connectivity index (χ2n) is 3.96. The molecular formula is C12H8FN7. The molecule has 0 saturated carbocycles. The fourth-order valence-corrected chi connectivity index (χ4v) is 1.82. The van der Waals surface area contributed by atoms with E-state index in [0.29, 0.717) is 22.5 Å². The Kier molecular flexibility index (Phi) is 2.65. The highest BCUT2D eigenvalue weighted by atomic mass is 19.1. The molecule has 3 aromatic rings. The van der Waals surface area contributed by atoms with Gasteiger partial charge in [-0.3, -0.25) is 5.10 Å². The number of nitriles is 1. The van der Waals surface area contributed by atoms with E-state index in [1.807, 2.05) is 0 Å². The highest BCUT2D eigenvalue weighted by Gasteiger charge is 2.12. The number of halogens is 1. The zero-order chi connectivity index (χ0) is 14.1. The smallest absolute Gasteiger partial charge is 0.224 e. The number of aromatic amines is 1. The van der Waals surface area contributed by atoms with E-state index in [1.165, 1.54) is 18.3 Å². The maximum atomic E-state index is 13.5. The lowest BCUT2D eigenvalue weighted by molar-refractivity contribution is 0.624. The molecular weight excluding hydrogens is 261 g/mol. The summed E-state index contributed by atoms with van der Waals surface area (Å²) in [6.45, 7) is 0. The van der Waals surface area contributed by atoms with Crippen LogP contribution in [-0.4, -0.2) is 20.2 Å². The van der Waals surface area contributed by atoms with E-state index >= 15 is 0 Å². The van der Waals surface area contributed by atoms with Crippen LogP contribution in [0.2, 0.25) is 0 Å². The van der Waals surface area contributed by atoms with Gasteiger partial charge in [-0.1, -0.05) is 6.07 Å². The molecule has 2 aromatic heterocycles. The van der Waals surface area contributed by atoms with Gasteiger partial charge in [0.2, 0.25) is 5.95 Å². The van der Waals surface area contributed by atoms with Crippen LogP contribution in [0.5, 0.6) is 0 Å². The number of fused-ring (bicyclic) bond motifs is 1. The number of aromatic nitrogens is 4. The summed E-state index contributed by atoms with van der Waals surface area (Å²) in [5, 5.41) is 19.0. The molecule has 4 N–H and O–H groups in total. The molecule has 0 atom stereocenters. The number of nitrogens with zero attached hydrogens (tertiary/aromatic N) is 4. The Morgan fingerprint density at radius 1 is 1.35 bits per heavy atom. The van der Waals surface area contributed by atoms with Gasteiger partial charge >= 0.3 is 0 Å². The first-order valence-electron chi connectivity index (χ1n) is 5.61. The van der Waals surface area contributed by atoms with Crippen LogP contribution >= 0.6 is 0 Å². The minimum atomic E-state index is -0.608. The van der Waals surface area contributed by atoms with Crippen molar-refractivity contribution < 1.29 is 4.39 Å². The molecule has 98 valence electrons. The van der Waals surface area contributed by atoms with Crippen molar-refractivity contribution in [2.45, 2.75) is 0 Å². The second-order valence-corrected chi connectivity index (χ2v) is 3.96. The molecule has 8 heteroatoms. The quantitative estimate of drug-likeness (QED) is 0.651. The number of rotatable bonds is 2. The number of nitrogens with two attached hydrogens (primary N) is 1. The first kappa shape index (κ1) is 11.9. The Bertz CT molecular complexity index is 833. The first-order chi connectivity index (χ1) is 9.69. The van der Waals surface area contributed by atoms with Crippen molar-refractivity contribution in [2.24, 2.45) is 0 Å². The van der Waals surface area contributed by atoms with Gasteiger partial charge in [0.05, 0.1) is 17.3 Å². The maximum absolute atomic E-state index is 13.5. The van der Waals surface area contributed by atoms with Crippen molar-refractivity contribution >= 4 is 28.5 Å². The van der Waals surface area contributed by atoms with E-state index in [4.69, 9.17) is 11.0 Å². The van der Waals surface area contributed by atoms with Crippen LogP contribution in [0.25, 0.3) is 11.0 Å². The molecule has 0 amide bonds. The van der Waals surface area contributed by atoms with Gasteiger partial charge in [-0.05, 0) is 12.1 Å². The number of H-pyrrole nitrogens is 1. The van der Waals surface area contributed by atoms with E-state index in [9.17, 15) is 4.39 Å². The summed E-state index contributed by atoms with van der Waals surface area (Å²) in [5.41, 5.74) is 6.25. The summed E-state index contributed by atoms with van der Waals surface area (Å²) in [6, 6.07) is 6.09. The molecule has 0 fully saturated rings. The van der Waals surface area contributed by atoms with Crippen LogP contribution in [0.15, 0.2) is 24.4 Å².